The van der Waals surface area contributed by atoms with E-state index in [0.29, 0.717) is 0 Å². The van der Waals surface area contributed by atoms with E-state index in [-0.39, 0.29) is 38.3 Å². The molecule has 2 N–H and O–H groups in total. The van der Waals surface area contributed by atoms with Crippen molar-refractivity contribution in [3.05, 3.63) is 0 Å². The second kappa shape index (κ2) is 4.63. The van der Waals surface area contributed by atoms with Gasteiger partial charge in [0.25, 0.3) is 5.91 Å². The zero-order valence-electron chi connectivity index (χ0n) is 9.63. The summed E-state index contributed by atoms with van der Waals surface area (Å²) in [5.41, 5.74) is 4.12. The Morgan fingerprint density at radius 1 is 1.31 bits per heavy atom. The molecule has 1 saturated carbocycles. The Labute approximate surface area is 93.7 Å². The number of carbonyl (C=O) groups is 1. The van der Waals surface area contributed by atoms with Crippen molar-refractivity contribution in [1.82, 2.24) is 4.90 Å². The predicted molar refractivity (Wildman–Crippen MR) is 55.0 cm³/mol. The molecule has 0 heterocycles. The summed E-state index contributed by atoms with van der Waals surface area (Å²) in [7, 11) is 3.16. The third kappa shape index (κ3) is 2.68. The molecule has 1 fully saturated rings. The van der Waals surface area contributed by atoms with E-state index in [4.69, 9.17) is 10.5 Å². The van der Waals surface area contributed by atoms with Crippen LogP contribution in [0.15, 0.2) is 0 Å². The van der Waals surface area contributed by atoms with Crippen LogP contribution in [0.3, 0.4) is 0 Å². The predicted octanol–water partition coefficient (Wildman–Crippen LogP) is 0.955. The molecule has 0 aliphatic heterocycles. The highest BCUT2D eigenvalue weighted by Gasteiger charge is 2.49. The van der Waals surface area contributed by atoms with Crippen molar-refractivity contribution < 1.29 is 18.3 Å². The summed E-state index contributed by atoms with van der Waals surface area (Å²) in [5.74, 6) is -2.97. The monoisotopic (exact) mass is 236 g/mol. The van der Waals surface area contributed by atoms with Crippen molar-refractivity contribution in [3.8, 4) is 0 Å². The molecule has 1 amide bonds. The molecular formula is C10H18F2N2O2. The summed E-state index contributed by atoms with van der Waals surface area (Å²) >= 11 is 0. The lowest BCUT2D eigenvalue weighted by atomic mass is 9.81. The van der Waals surface area contributed by atoms with E-state index in [2.05, 4.69) is 0 Å². The van der Waals surface area contributed by atoms with Gasteiger partial charge in [0, 0.05) is 26.9 Å². The number of alkyl halides is 2. The fourth-order valence-corrected chi connectivity index (χ4v) is 2.01. The lowest BCUT2D eigenvalue weighted by Crippen LogP contribution is -2.52. The van der Waals surface area contributed by atoms with E-state index in [9.17, 15) is 13.6 Å². The smallest absolute Gasteiger partial charge is 0.254 e. The van der Waals surface area contributed by atoms with Gasteiger partial charge < -0.3 is 15.4 Å². The molecule has 0 aromatic rings. The number of halogens is 2. The van der Waals surface area contributed by atoms with Gasteiger partial charge in [-0.3, -0.25) is 4.79 Å². The first-order valence-corrected chi connectivity index (χ1v) is 5.27. The zero-order valence-corrected chi connectivity index (χ0v) is 9.63. The minimum Gasteiger partial charge on any atom is -0.350 e. The number of hydrogen-bond acceptors (Lipinski definition) is 3. The Kier molecular flexibility index (Phi) is 3.85. The number of amides is 1. The fraction of sp³-hybridized carbons (Fsp3) is 0.900. The van der Waals surface area contributed by atoms with Gasteiger partial charge in [-0.05, 0) is 12.8 Å². The molecule has 0 bridgehead atoms. The van der Waals surface area contributed by atoms with E-state index in [0.717, 1.165) is 0 Å². The molecule has 0 aromatic heterocycles. The Morgan fingerprint density at radius 2 is 1.81 bits per heavy atom. The first-order chi connectivity index (χ1) is 7.33. The van der Waals surface area contributed by atoms with Crippen LogP contribution in [0.25, 0.3) is 0 Å². The highest BCUT2D eigenvalue weighted by atomic mass is 19.3. The number of ether oxygens (including phenoxy) is 1. The molecule has 16 heavy (non-hydrogen) atoms. The molecule has 1 rings (SSSR count). The summed E-state index contributed by atoms with van der Waals surface area (Å²) in [6.07, 6.45) is -0.610. The van der Waals surface area contributed by atoms with Crippen LogP contribution in [0, 0.1) is 0 Å². The first kappa shape index (κ1) is 13.3. The molecular weight excluding hydrogens is 218 g/mol. The van der Waals surface area contributed by atoms with Crippen LogP contribution < -0.4 is 5.73 Å². The quantitative estimate of drug-likeness (QED) is 0.742. The van der Waals surface area contributed by atoms with Crippen LogP contribution in [-0.2, 0) is 9.53 Å². The van der Waals surface area contributed by atoms with E-state index in [1.165, 1.54) is 4.90 Å². The lowest BCUT2D eigenvalue weighted by Gasteiger charge is -2.39. The average molecular weight is 236 g/mol. The van der Waals surface area contributed by atoms with Crippen molar-refractivity contribution in [2.24, 2.45) is 5.73 Å². The van der Waals surface area contributed by atoms with Gasteiger partial charge in [0.15, 0.2) is 0 Å². The van der Waals surface area contributed by atoms with Crippen molar-refractivity contribution in [2.45, 2.75) is 37.2 Å². The molecule has 0 unspecified atom stereocenters. The third-order valence-electron chi connectivity index (χ3n) is 2.94. The number of rotatable bonds is 3. The normalized spacial score (nSPS) is 22.8. The fourth-order valence-electron chi connectivity index (χ4n) is 2.01. The summed E-state index contributed by atoms with van der Waals surface area (Å²) in [4.78, 5) is 13.3. The summed E-state index contributed by atoms with van der Waals surface area (Å²) in [6, 6.07) is 0. The van der Waals surface area contributed by atoms with Crippen LogP contribution in [-0.4, -0.2) is 43.2 Å². The van der Waals surface area contributed by atoms with Gasteiger partial charge in [0.2, 0.25) is 5.92 Å². The second-order valence-electron chi connectivity index (χ2n) is 4.36. The molecule has 0 saturated heterocycles. The van der Waals surface area contributed by atoms with Crippen molar-refractivity contribution in [2.75, 3.05) is 20.8 Å². The summed E-state index contributed by atoms with van der Waals surface area (Å²) < 4.78 is 31.3. The van der Waals surface area contributed by atoms with Gasteiger partial charge in [0.1, 0.15) is 5.60 Å². The van der Waals surface area contributed by atoms with E-state index in [1.54, 1.807) is 14.1 Å². The molecule has 0 spiro atoms. The molecule has 0 radical (unpaired) electrons. The highest BCUT2D eigenvalue weighted by molar-refractivity contribution is 5.85. The molecule has 4 nitrogen and oxygen atoms in total. The average Bonchev–Trinajstić information content (AvgIpc) is 2.21. The first-order valence-electron chi connectivity index (χ1n) is 5.27. The van der Waals surface area contributed by atoms with Gasteiger partial charge in [-0.15, -0.1) is 0 Å². The number of likely N-dealkylation sites (N-methyl/N-ethyl adjacent to an activating group) is 1. The van der Waals surface area contributed by atoms with Crippen molar-refractivity contribution in [3.63, 3.8) is 0 Å². The summed E-state index contributed by atoms with van der Waals surface area (Å²) in [6.45, 7) is -0.134. The Bertz CT molecular complexity index is 260. The van der Waals surface area contributed by atoms with Gasteiger partial charge in [0.05, 0.1) is 6.73 Å². The molecule has 0 atom stereocenters. The van der Waals surface area contributed by atoms with Crippen LogP contribution >= 0.6 is 0 Å². The maximum Gasteiger partial charge on any atom is 0.254 e. The van der Waals surface area contributed by atoms with E-state index >= 15 is 0 Å². The minimum atomic E-state index is -2.69. The maximum absolute atomic E-state index is 13.0. The second-order valence-corrected chi connectivity index (χ2v) is 4.36. The van der Waals surface area contributed by atoms with Gasteiger partial charge >= 0.3 is 0 Å². The van der Waals surface area contributed by atoms with Crippen LogP contribution in [0.2, 0.25) is 0 Å². The Morgan fingerprint density at radius 3 is 2.19 bits per heavy atom. The van der Waals surface area contributed by atoms with Crippen LogP contribution in [0.4, 0.5) is 8.78 Å². The summed E-state index contributed by atoms with van der Waals surface area (Å²) in [5, 5.41) is 0. The number of carbonyl (C=O) groups excluding carboxylic acids is 1. The standard InChI is InChI=1S/C10H18F2N2O2/c1-14(2)8(15)9(16-7-13)3-5-10(11,12)6-4-9/h3-7,13H2,1-2H3. The minimum absolute atomic E-state index is 0.0220. The molecule has 1 aliphatic rings. The maximum atomic E-state index is 13.0. The van der Waals surface area contributed by atoms with Crippen LogP contribution in [0.5, 0.6) is 0 Å². The van der Waals surface area contributed by atoms with Crippen LogP contribution in [0.1, 0.15) is 25.7 Å². The Hall–Kier alpha value is -0.750. The van der Waals surface area contributed by atoms with Gasteiger partial charge in [-0.25, -0.2) is 8.78 Å². The van der Waals surface area contributed by atoms with Crippen molar-refractivity contribution in [1.29, 1.82) is 0 Å². The molecule has 0 aromatic carbocycles. The van der Waals surface area contributed by atoms with Gasteiger partial charge in [-0.2, -0.15) is 0 Å². The molecule has 94 valence electrons. The highest BCUT2D eigenvalue weighted by Crippen LogP contribution is 2.41. The van der Waals surface area contributed by atoms with E-state index in [1.807, 2.05) is 0 Å². The topological polar surface area (TPSA) is 55.6 Å². The lowest BCUT2D eigenvalue weighted by molar-refractivity contribution is -0.172. The number of nitrogens with two attached hydrogens (primary N) is 1. The van der Waals surface area contributed by atoms with Gasteiger partial charge in [-0.1, -0.05) is 0 Å². The van der Waals surface area contributed by atoms with E-state index < -0.39 is 11.5 Å². The largest absolute Gasteiger partial charge is 0.350 e. The Balaban J connectivity index is 2.80. The number of nitrogens with zero attached hydrogens (tertiary/aromatic N) is 1. The number of hydrogen-bond donors (Lipinski definition) is 1. The molecule has 6 heteroatoms. The third-order valence-corrected chi connectivity index (χ3v) is 2.94. The molecule has 1 aliphatic carbocycles. The zero-order chi connectivity index (χ0) is 12.4. The SMILES string of the molecule is CN(C)C(=O)C1(OCN)CCC(F)(F)CC1. The van der Waals surface area contributed by atoms with Crippen molar-refractivity contribution >= 4 is 5.91 Å².